The Balaban J connectivity index is 2.17. The van der Waals surface area contributed by atoms with Crippen molar-refractivity contribution in [3.63, 3.8) is 0 Å². The Bertz CT molecular complexity index is 1050. The first-order valence-electron chi connectivity index (χ1n) is 7.36. The Morgan fingerprint density at radius 1 is 0.739 bits per heavy atom. The fourth-order valence-corrected chi connectivity index (χ4v) is 2.99. The molecule has 0 saturated carbocycles. The van der Waals surface area contributed by atoms with Crippen LogP contribution in [0.5, 0.6) is 0 Å². The van der Waals surface area contributed by atoms with Crippen LogP contribution in [-0.4, -0.2) is 16.1 Å². The number of fused-ring (bicyclic) bond motifs is 3. The highest BCUT2D eigenvalue weighted by Gasteiger charge is 2.15. The molecule has 0 saturated heterocycles. The van der Waals surface area contributed by atoms with Crippen molar-refractivity contribution in [2.45, 2.75) is 0 Å². The van der Waals surface area contributed by atoms with Crippen LogP contribution in [0.2, 0.25) is 0 Å². The highest BCUT2D eigenvalue weighted by molar-refractivity contribution is 6.12. The van der Waals surface area contributed by atoms with E-state index in [0.29, 0.717) is 11.3 Å². The normalized spacial score (nSPS) is 11.0. The second-order valence-corrected chi connectivity index (χ2v) is 5.37. The van der Waals surface area contributed by atoms with Gasteiger partial charge in [0.1, 0.15) is 0 Å². The number of para-hydroxylation sites is 1. The van der Waals surface area contributed by atoms with Crippen LogP contribution >= 0.6 is 0 Å². The molecule has 1 N–H and O–H groups in total. The van der Waals surface area contributed by atoms with E-state index in [1.807, 2.05) is 60.7 Å². The SMILES string of the molecule is O=C(O)c1ccccc1-c1nc2ccccc2c2ccccc12. The maximum absolute atomic E-state index is 11.6. The van der Waals surface area contributed by atoms with Crippen LogP contribution in [0.3, 0.4) is 0 Å². The van der Waals surface area contributed by atoms with E-state index in [0.717, 1.165) is 21.7 Å². The summed E-state index contributed by atoms with van der Waals surface area (Å²) in [7, 11) is 0. The van der Waals surface area contributed by atoms with Gasteiger partial charge in [-0.1, -0.05) is 60.7 Å². The van der Waals surface area contributed by atoms with Gasteiger partial charge in [0.15, 0.2) is 0 Å². The molecule has 0 aliphatic carbocycles. The quantitative estimate of drug-likeness (QED) is 0.543. The summed E-state index contributed by atoms with van der Waals surface area (Å²) in [6.07, 6.45) is 0. The maximum atomic E-state index is 11.6. The van der Waals surface area contributed by atoms with Gasteiger partial charge in [0, 0.05) is 16.3 Å². The molecule has 0 amide bonds. The molecule has 3 heteroatoms. The van der Waals surface area contributed by atoms with Gasteiger partial charge in [0.05, 0.1) is 16.8 Å². The monoisotopic (exact) mass is 299 g/mol. The average Bonchev–Trinajstić information content (AvgIpc) is 2.61. The fourth-order valence-electron chi connectivity index (χ4n) is 2.99. The van der Waals surface area contributed by atoms with Crippen LogP contribution in [0.15, 0.2) is 72.8 Å². The Labute approximate surface area is 132 Å². The maximum Gasteiger partial charge on any atom is 0.336 e. The number of carboxylic acids is 1. The van der Waals surface area contributed by atoms with Crippen LogP contribution in [0, 0.1) is 0 Å². The van der Waals surface area contributed by atoms with Gasteiger partial charge in [-0.05, 0) is 17.5 Å². The smallest absolute Gasteiger partial charge is 0.336 e. The molecule has 23 heavy (non-hydrogen) atoms. The van der Waals surface area contributed by atoms with Gasteiger partial charge in [0.2, 0.25) is 0 Å². The minimum atomic E-state index is -0.945. The molecule has 3 nitrogen and oxygen atoms in total. The number of aromatic nitrogens is 1. The van der Waals surface area contributed by atoms with Crippen LogP contribution in [-0.2, 0) is 0 Å². The number of carbonyl (C=O) groups is 1. The van der Waals surface area contributed by atoms with E-state index in [9.17, 15) is 9.90 Å². The number of aromatic carboxylic acids is 1. The molecule has 0 aliphatic heterocycles. The van der Waals surface area contributed by atoms with Gasteiger partial charge >= 0.3 is 5.97 Å². The van der Waals surface area contributed by atoms with E-state index in [1.54, 1.807) is 12.1 Å². The van der Waals surface area contributed by atoms with E-state index >= 15 is 0 Å². The average molecular weight is 299 g/mol. The summed E-state index contributed by atoms with van der Waals surface area (Å²) in [6, 6.07) is 22.9. The summed E-state index contributed by atoms with van der Waals surface area (Å²) >= 11 is 0. The molecule has 0 aliphatic rings. The van der Waals surface area contributed by atoms with Crippen molar-refractivity contribution in [2.24, 2.45) is 0 Å². The molecule has 0 unspecified atom stereocenters. The minimum Gasteiger partial charge on any atom is -0.478 e. The molecule has 0 spiro atoms. The van der Waals surface area contributed by atoms with Crippen molar-refractivity contribution >= 4 is 27.6 Å². The van der Waals surface area contributed by atoms with Gasteiger partial charge in [-0.2, -0.15) is 0 Å². The van der Waals surface area contributed by atoms with E-state index in [-0.39, 0.29) is 5.56 Å². The lowest BCUT2D eigenvalue weighted by molar-refractivity contribution is 0.0697. The molecular weight excluding hydrogens is 286 g/mol. The summed E-state index contributed by atoms with van der Waals surface area (Å²) in [5.74, 6) is -0.945. The van der Waals surface area contributed by atoms with Gasteiger partial charge in [-0.3, -0.25) is 0 Å². The van der Waals surface area contributed by atoms with Crippen molar-refractivity contribution in [1.29, 1.82) is 0 Å². The van der Waals surface area contributed by atoms with Crippen molar-refractivity contribution in [3.05, 3.63) is 78.4 Å². The first-order chi connectivity index (χ1) is 11.3. The zero-order valence-electron chi connectivity index (χ0n) is 12.2. The van der Waals surface area contributed by atoms with Gasteiger partial charge in [0.25, 0.3) is 0 Å². The molecule has 0 bridgehead atoms. The summed E-state index contributed by atoms with van der Waals surface area (Å²) in [5.41, 5.74) is 2.47. The minimum absolute atomic E-state index is 0.264. The lowest BCUT2D eigenvalue weighted by Crippen LogP contribution is -2.00. The van der Waals surface area contributed by atoms with Crippen LogP contribution in [0.4, 0.5) is 0 Å². The van der Waals surface area contributed by atoms with Gasteiger partial charge in [-0.15, -0.1) is 0 Å². The number of pyridine rings is 1. The van der Waals surface area contributed by atoms with Crippen molar-refractivity contribution in [2.75, 3.05) is 0 Å². The largest absolute Gasteiger partial charge is 0.478 e. The Morgan fingerprint density at radius 2 is 1.35 bits per heavy atom. The molecule has 0 fully saturated rings. The Morgan fingerprint density at radius 3 is 2.13 bits per heavy atom. The molecule has 110 valence electrons. The first kappa shape index (κ1) is 13.5. The third kappa shape index (κ3) is 2.14. The van der Waals surface area contributed by atoms with E-state index in [4.69, 9.17) is 4.98 Å². The highest BCUT2D eigenvalue weighted by atomic mass is 16.4. The van der Waals surface area contributed by atoms with E-state index in [1.165, 1.54) is 0 Å². The van der Waals surface area contributed by atoms with Crippen molar-refractivity contribution < 1.29 is 9.90 Å². The molecular formula is C20H13NO2. The third-order valence-corrected chi connectivity index (χ3v) is 4.02. The second kappa shape index (κ2) is 5.21. The fraction of sp³-hybridized carbons (Fsp3) is 0. The molecule has 4 rings (SSSR count). The third-order valence-electron chi connectivity index (χ3n) is 4.02. The van der Waals surface area contributed by atoms with Crippen LogP contribution in [0.25, 0.3) is 32.9 Å². The zero-order valence-corrected chi connectivity index (χ0v) is 12.2. The number of hydrogen-bond donors (Lipinski definition) is 1. The first-order valence-corrected chi connectivity index (χ1v) is 7.36. The molecule has 4 aromatic rings. The standard InChI is InChI=1S/C20H13NO2/c22-20(23)17-11-4-3-10-16(17)19-15-9-2-1-7-13(15)14-8-5-6-12-18(14)21-19/h1-12H,(H,22,23). The topological polar surface area (TPSA) is 50.2 Å². The zero-order chi connectivity index (χ0) is 15.8. The van der Waals surface area contributed by atoms with Crippen molar-refractivity contribution in [1.82, 2.24) is 4.98 Å². The summed E-state index contributed by atoms with van der Waals surface area (Å²) < 4.78 is 0. The second-order valence-electron chi connectivity index (χ2n) is 5.37. The Kier molecular flexibility index (Phi) is 3.05. The predicted molar refractivity (Wildman–Crippen MR) is 91.6 cm³/mol. The number of rotatable bonds is 2. The lowest BCUT2D eigenvalue weighted by atomic mass is 9.97. The number of nitrogens with zero attached hydrogens (tertiary/aromatic N) is 1. The van der Waals surface area contributed by atoms with E-state index in [2.05, 4.69) is 0 Å². The highest BCUT2D eigenvalue weighted by Crippen LogP contribution is 2.33. The molecule has 0 radical (unpaired) electrons. The molecule has 1 aromatic heterocycles. The molecule has 1 heterocycles. The lowest BCUT2D eigenvalue weighted by Gasteiger charge is -2.11. The predicted octanol–water partition coefficient (Wildman–Crippen LogP) is 4.75. The number of carboxylic acid groups (broad SMARTS) is 1. The van der Waals surface area contributed by atoms with Crippen LogP contribution in [0.1, 0.15) is 10.4 Å². The molecule has 0 atom stereocenters. The number of benzene rings is 3. The van der Waals surface area contributed by atoms with Gasteiger partial charge < -0.3 is 5.11 Å². The number of hydrogen-bond acceptors (Lipinski definition) is 2. The van der Waals surface area contributed by atoms with Crippen molar-refractivity contribution in [3.8, 4) is 11.3 Å². The summed E-state index contributed by atoms with van der Waals surface area (Å²) in [4.78, 5) is 16.3. The summed E-state index contributed by atoms with van der Waals surface area (Å²) in [5, 5.41) is 12.6. The van der Waals surface area contributed by atoms with E-state index < -0.39 is 5.97 Å². The Hall–Kier alpha value is -3.20. The van der Waals surface area contributed by atoms with Gasteiger partial charge in [-0.25, -0.2) is 9.78 Å². The molecule has 3 aromatic carbocycles. The summed E-state index contributed by atoms with van der Waals surface area (Å²) in [6.45, 7) is 0. The van der Waals surface area contributed by atoms with Crippen LogP contribution < -0.4 is 0 Å².